The molecule has 0 aromatic heterocycles. The summed E-state index contributed by atoms with van der Waals surface area (Å²) in [5, 5.41) is 0. The van der Waals surface area contributed by atoms with E-state index in [2.05, 4.69) is 113 Å². The lowest BCUT2D eigenvalue weighted by molar-refractivity contribution is 0.246. The molecular formula is C26H30IP. The van der Waals surface area contributed by atoms with Gasteiger partial charge in [-0.2, -0.15) is 0 Å². The quantitative estimate of drug-likeness (QED) is 0.143. The Morgan fingerprint density at radius 3 is 1.32 bits per heavy atom. The molecular weight excluding hydrogens is 470 g/mol. The highest BCUT2D eigenvalue weighted by atomic mass is 127. The molecule has 3 aromatic rings. The van der Waals surface area contributed by atoms with Crippen molar-refractivity contribution in [2.75, 3.05) is 6.16 Å². The Bertz CT molecular complexity index is 685. The molecule has 3 aromatic carbocycles. The van der Waals surface area contributed by atoms with Gasteiger partial charge in [-0.25, -0.2) is 0 Å². The fourth-order valence-electron chi connectivity index (χ4n) is 4.23. The summed E-state index contributed by atoms with van der Waals surface area (Å²) in [6.45, 7) is 0. The minimum Gasteiger partial charge on any atom is -0.0622 e. The van der Waals surface area contributed by atoms with Crippen LogP contribution in [0.4, 0.5) is 0 Å². The maximum Gasteiger partial charge on any atom is -0.0176 e. The molecule has 1 unspecified atom stereocenters. The highest BCUT2D eigenvalue weighted by Crippen LogP contribution is 2.38. The van der Waals surface area contributed by atoms with Gasteiger partial charge in [-0.1, -0.05) is 126 Å². The predicted octanol–water partition coefficient (Wildman–Crippen LogP) is 7.90. The summed E-state index contributed by atoms with van der Waals surface area (Å²) in [7, 11) is 0. The van der Waals surface area contributed by atoms with Crippen molar-refractivity contribution in [3.05, 3.63) is 108 Å². The van der Waals surface area contributed by atoms with Crippen LogP contribution in [-0.4, -0.2) is 6.16 Å². The first-order chi connectivity index (χ1) is 13.8. The molecule has 2 heteroatoms. The SMILES string of the molecule is IPCCCCC(Cc1ccccc1)(Cc1ccccc1)Cc1ccccc1. The number of halogens is 1. The first kappa shape index (κ1) is 21.5. The van der Waals surface area contributed by atoms with Gasteiger partial charge in [0.15, 0.2) is 0 Å². The lowest BCUT2D eigenvalue weighted by atomic mass is 9.69. The van der Waals surface area contributed by atoms with Gasteiger partial charge in [0.05, 0.1) is 0 Å². The van der Waals surface area contributed by atoms with Crippen LogP contribution in [-0.2, 0) is 19.3 Å². The maximum atomic E-state index is 2.53. The Morgan fingerprint density at radius 1 is 0.571 bits per heavy atom. The molecule has 0 aliphatic carbocycles. The second kappa shape index (κ2) is 11.7. The minimum absolute atomic E-state index is 0.262. The zero-order chi connectivity index (χ0) is 19.5. The molecule has 0 N–H and O–H groups in total. The summed E-state index contributed by atoms with van der Waals surface area (Å²) in [5.74, 6) is 0. The average Bonchev–Trinajstić information content (AvgIpc) is 2.73. The molecule has 0 heterocycles. The number of hydrogen-bond donors (Lipinski definition) is 0. The third-order valence-electron chi connectivity index (χ3n) is 5.49. The van der Waals surface area contributed by atoms with Gasteiger partial charge >= 0.3 is 0 Å². The van der Waals surface area contributed by atoms with Crippen LogP contribution in [0, 0.1) is 5.41 Å². The lowest BCUT2D eigenvalue weighted by Crippen LogP contribution is -2.30. The van der Waals surface area contributed by atoms with Crippen LogP contribution in [0.15, 0.2) is 91.0 Å². The van der Waals surface area contributed by atoms with E-state index in [4.69, 9.17) is 0 Å². The highest BCUT2D eigenvalue weighted by Gasteiger charge is 2.30. The normalized spacial score (nSPS) is 11.9. The largest absolute Gasteiger partial charge is 0.0622 e. The van der Waals surface area contributed by atoms with Crippen LogP contribution < -0.4 is 0 Å². The van der Waals surface area contributed by atoms with Gasteiger partial charge in [0.2, 0.25) is 0 Å². The minimum atomic E-state index is 0.262. The smallest absolute Gasteiger partial charge is 0.0176 e. The van der Waals surface area contributed by atoms with E-state index >= 15 is 0 Å². The van der Waals surface area contributed by atoms with E-state index in [0.29, 0.717) is 0 Å². The van der Waals surface area contributed by atoms with Gasteiger partial charge in [-0.05, 0) is 60.4 Å². The standard InChI is InChI=1S/C26H30IP/c27-28-19-11-10-18-26(20-23-12-4-1-5-13-23,21-24-14-6-2-7-15-24)22-25-16-8-3-9-17-25/h1-9,12-17,28H,10-11,18-22H2. The average molecular weight is 500 g/mol. The molecule has 0 aliphatic rings. The first-order valence-corrected chi connectivity index (χ1v) is 14.6. The van der Waals surface area contributed by atoms with Crippen molar-refractivity contribution in [1.82, 2.24) is 0 Å². The van der Waals surface area contributed by atoms with E-state index in [1.54, 1.807) is 0 Å². The summed E-state index contributed by atoms with van der Waals surface area (Å²) in [4.78, 5) is 0. The molecule has 0 fully saturated rings. The third-order valence-corrected chi connectivity index (χ3v) is 7.65. The van der Waals surface area contributed by atoms with Crippen molar-refractivity contribution in [2.24, 2.45) is 5.41 Å². The summed E-state index contributed by atoms with van der Waals surface area (Å²) in [6.07, 6.45) is 9.79. The molecule has 0 spiro atoms. The second-order valence-electron chi connectivity index (χ2n) is 7.83. The van der Waals surface area contributed by atoms with Crippen molar-refractivity contribution < 1.29 is 0 Å². The van der Waals surface area contributed by atoms with E-state index in [1.807, 2.05) is 0 Å². The van der Waals surface area contributed by atoms with Crippen LogP contribution in [0.5, 0.6) is 0 Å². The van der Waals surface area contributed by atoms with Crippen molar-refractivity contribution >= 4 is 28.3 Å². The van der Waals surface area contributed by atoms with E-state index in [0.717, 1.165) is 25.5 Å². The molecule has 1 atom stereocenters. The zero-order valence-corrected chi connectivity index (χ0v) is 19.6. The van der Waals surface area contributed by atoms with Crippen molar-refractivity contribution in [3.63, 3.8) is 0 Å². The predicted molar refractivity (Wildman–Crippen MR) is 134 cm³/mol. The zero-order valence-electron chi connectivity index (χ0n) is 16.5. The van der Waals surface area contributed by atoms with E-state index in [-0.39, 0.29) is 5.41 Å². The van der Waals surface area contributed by atoms with E-state index in [1.165, 1.54) is 42.1 Å². The van der Waals surface area contributed by atoms with Gasteiger partial charge in [0.1, 0.15) is 0 Å². The van der Waals surface area contributed by atoms with Gasteiger partial charge in [0, 0.05) is 0 Å². The second-order valence-corrected chi connectivity index (χ2v) is 10.9. The van der Waals surface area contributed by atoms with Crippen LogP contribution in [0.1, 0.15) is 36.0 Å². The number of unbranched alkanes of at least 4 members (excludes halogenated alkanes) is 1. The van der Waals surface area contributed by atoms with Crippen LogP contribution >= 0.6 is 28.3 Å². The summed E-state index contributed by atoms with van der Waals surface area (Å²) in [6, 6.07) is 33.3. The van der Waals surface area contributed by atoms with Crippen LogP contribution in [0.2, 0.25) is 0 Å². The summed E-state index contributed by atoms with van der Waals surface area (Å²) in [5.41, 5.74) is 4.65. The van der Waals surface area contributed by atoms with E-state index in [9.17, 15) is 0 Å². The Kier molecular flexibility index (Phi) is 9.02. The summed E-state index contributed by atoms with van der Waals surface area (Å²) < 4.78 is 0. The van der Waals surface area contributed by atoms with Crippen LogP contribution in [0.3, 0.4) is 0 Å². The fraction of sp³-hybridized carbons (Fsp3) is 0.308. The number of rotatable bonds is 11. The summed E-state index contributed by atoms with van der Waals surface area (Å²) >= 11 is 2.53. The van der Waals surface area contributed by atoms with Gasteiger partial charge in [0.25, 0.3) is 0 Å². The number of hydrogen-bond acceptors (Lipinski definition) is 0. The Balaban J connectivity index is 1.90. The van der Waals surface area contributed by atoms with Crippen molar-refractivity contribution in [2.45, 2.75) is 38.5 Å². The molecule has 0 amide bonds. The molecule has 0 radical (unpaired) electrons. The molecule has 0 saturated heterocycles. The molecule has 0 nitrogen and oxygen atoms in total. The molecule has 28 heavy (non-hydrogen) atoms. The van der Waals surface area contributed by atoms with Crippen molar-refractivity contribution in [3.8, 4) is 0 Å². The van der Waals surface area contributed by atoms with Gasteiger partial charge < -0.3 is 0 Å². The topological polar surface area (TPSA) is 0 Å². The lowest BCUT2D eigenvalue weighted by Gasteiger charge is -2.35. The molecule has 0 bridgehead atoms. The Hall–Kier alpha value is -1.18. The number of benzene rings is 3. The van der Waals surface area contributed by atoms with Gasteiger partial charge in [-0.15, -0.1) is 0 Å². The van der Waals surface area contributed by atoms with Gasteiger partial charge in [-0.3, -0.25) is 0 Å². The molecule has 0 saturated carbocycles. The first-order valence-electron chi connectivity index (χ1n) is 10.2. The molecule has 0 aliphatic heterocycles. The third kappa shape index (κ3) is 7.01. The molecule has 3 rings (SSSR count). The Morgan fingerprint density at radius 2 is 0.964 bits per heavy atom. The van der Waals surface area contributed by atoms with Crippen molar-refractivity contribution in [1.29, 1.82) is 0 Å². The fourth-order valence-corrected chi connectivity index (χ4v) is 5.76. The monoisotopic (exact) mass is 500 g/mol. The highest BCUT2D eigenvalue weighted by molar-refractivity contribution is 14.2. The molecule has 146 valence electrons. The van der Waals surface area contributed by atoms with Crippen LogP contribution in [0.25, 0.3) is 0 Å². The Labute approximate surface area is 185 Å². The van der Waals surface area contributed by atoms with E-state index < -0.39 is 0 Å². The maximum absolute atomic E-state index is 2.53.